The Morgan fingerprint density at radius 1 is 1.08 bits per heavy atom. The van der Waals surface area contributed by atoms with E-state index in [2.05, 4.69) is 20.3 Å². The molecule has 9 heteroatoms. The summed E-state index contributed by atoms with van der Waals surface area (Å²) < 4.78 is 23.5. The van der Waals surface area contributed by atoms with Gasteiger partial charge in [-0.3, -0.25) is 0 Å². The molecule has 0 aliphatic heterocycles. The van der Waals surface area contributed by atoms with Gasteiger partial charge in [0.05, 0.1) is 15.1 Å². The van der Waals surface area contributed by atoms with Gasteiger partial charge in [0.1, 0.15) is 17.0 Å². The van der Waals surface area contributed by atoms with Crippen molar-refractivity contribution in [1.29, 1.82) is 0 Å². The number of fused-ring (bicyclic) bond motifs is 3. The molecule has 4 aromatic rings. The molecule has 0 unspecified atom stereocenters. The maximum absolute atomic E-state index is 11.3. The predicted octanol–water partition coefficient (Wildman–Crippen LogP) is 2.50. The first-order valence-electron chi connectivity index (χ1n) is 7.36. The highest BCUT2D eigenvalue weighted by atomic mass is 32.2. The zero-order valence-corrected chi connectivity index (χ0v) is 14.5. The molecule has 3 N–H and O–H groups in total. The molecule has 0 spiro atoms. The normalized spacial score (nSPS) is 11.9. The first-order chi connectivity index (χ1) is 12.0. The quantitative estimate of drug-likeness (QED) is 0.570. The summed E-state index contributed by atoms with van der Waals surface area (Å²) in [7, 11) is -3.68. The third-order valence-electron chi connectivity index (χ3n) is 3.74. The van der Waals surface area contributed by atoms with Crippen molar-refractivity contribution in [3.63, 3.8) is 0 Å². The summed E-state index contributed by atoms with van der Waals surface area (Å²) in [5.74, 6) is 0.725. The van der Waals surface area contributed by atoms with Crippen LogP contribution in [0.25, 0.3) is 20.4 Å². The van der Waals surface area contributed by atoms with Crippen LogP contribution in [-0.4, -0.2) is 23.4 Å². The molecule has 0 saturated heterocycles. The van der Waals surface area contributed by atoms with Crippen molar-refractivity contribution in [3.8, 4) is 0 Å². The average molecular weight is 371 g/mol. The van der Waals surface area contributed by atoms with Gasteiger partial charge >= 0.3 is 0 Å². The molecule has 0 aliphatic carbocycles. The number of sulfonamides is 1. The van der Waals surface area contributed by atoms with Crippen LogP contribution in [0.4, 0.5) is 5.82 Å². The zero-order chi connectivity index (χ0) is 17.4. The largest absolute Gasteiger partial charge is 0.365 e. The van der Waals surface area contributed by atoms with Gasteiger partial charge < -0.3 is 5.32 Å². The average Bonchev–Trinajstić information content (AvgIpc) is 2.99. The van der Waals surface area contributed by atoms with E-state index in [0.29, 0.717) is 6.54 Å². The summed E-state index contributed by atoms with van der Waals surface area (Å²) in [5, 5.41) is 9.39. The standard InChI is InChI=1S/C16H13N5O2S2/c17-25(22,23)11-5-3-10(4-6-11)8-19-15-14-13(20-9-21-15)12-2-1-7-18-16(12)24-14/h1-7,9H,8H2,(H2,17,22,23)(H,19,20,21). The molecule has 0 radical (unpaired) electrons. The van der Waals surface area contributed by atoms with Gasteiger partial charge in [-0.1, -0.05) is 12.1 Å². The Kier molecular flexibility index (Phi) is 3.83. The molecule has 0 bridgehead atoms. The molecule has 4 rings (SSSR count). The topological polar surface area (TPSA) is 111 Å². The van der Waals surface area contributed by atoms with Crippen LogP contribution in [0.1, 0.15) is 5.56 Å². The highest BCUT2D eigenvalue weighted by molar-refractivity contribution is 7.89. The number of anilines is 1. The number of nitrogens with one attached hydrogen (secondary N) is 1. The third-order valence-corrected chi connectivity index (χ3v) is 5.78. The molecule has 126 valence electrons. The number of benzene rings is 1. The van der Waals surface area contributed by atoms with Gasteiger partial charge in [-0.2, -0.15) is 0 Å². The molecule has 0 atom stereocenters. The smallest absolute Gasteiger partial charge is 0.238 e. The first kappa shape index (κ1) is 15.9. The Morgan fingerprint density at radius 2 is 1.88 bits per heavy atom. The number of hydrogen-bond acceptors (Lipinski definition) is 7. The van der Waals surface area contributed by atoms with Gasteiger partial charge in [-0.05, 0) is 29.8 Å². The number of pyridine rings is 1. The van der Waals surface area contributed by atoms with Crippen LogP contribution in [0.2, 0.25) is 0 Å². The summed E-state index contributed by atoms with van der Waals surface area (Å²) in [6.07, 6.45) is 3.28. The van der Waals surface area contributed by atoms with E-state index in [-0.39, 0.29) is 4.90 Å². The van der Waals surface area contributed by atoms with Gasteiger partial charge in [-0.25, -0.2) is 28.5 Å². The van der Waals surface area contributed by atoms with E-state index in [4.69, 9.17) is 5.14 Å². The second-order valence-corrected chi connectivity index (χ2v) is 7.96. The van der Waals surface area contributed by atoms with Crippen molar-refractivity contribution in [2.24, 2.45) is 5.14 Å². The molecule has 0 fully saturated rings. The van der Waals surface area contributed by atoms with E-state index < -0.39 is 10.0 Å². The van der Waals surface area contributed by atoms with Crippen molar-refractivity contribution in [3.05, 3.63) is 54.5 Å². The van der Waals surface area contributed by atoms with E-state index in [1.165, 1.54) is 29.8 Å². The SMILES string of the molecule is NS(=O)(=O)c1ccc(CNc2ncnc3c2sc2ncccc23)cc1. The minimum absolute atomic E-state index is 0.0938. The summed E-state index contributed by atoms with van der Waals surface area (Å²) in [6.45, 7) is 0.499. The Labute approximate surface area is 147 Å². The Morgan fingerprint density at radius 3 is 2.64 bits per heavy atom. The lowest BCUT2D eigenvalue weighted by Gasteiger charge is -2.07. The van der Waals surface area contributed by atoms with Crippen LogP contribution in [0.5, 0.6) is 0 Å². The van der Waals surface area contributed by atoms with E-state index in [1.54, 1.807) is 18.3 Å². The first-order valence-corrected chi connectivity index (χ1v) is 9.72. The van der Waals surface area contributed by atoms with Crippen molar-refractivity contribution in [2.45, 2.75) is 11.4 Å². The molecule has 0 saturated carbocycles. The lowest BCUT2D eigenvalue weighted by Crippen LogP contribution is -2.12. The second-order valence-electron chi connectivity index (χ2n) is 5.40. The van der Waals surface area contributed by atoms with Crippen LogP contribution in [0.15, 0.2) is 53.8 Å². The maximum atomic E-state index is 11.3. The molecule has 25 heavy (non-hydrogen) atoms. The lowest BCUT2D eigenvalue weighted by molar-refractivity contribution is 0.598. The molecular formula is C16H13N5O2S2. The highest BCUT2D eigenvalue weighted by Crippen LogP contribution is 2.34. The number of rotatable bonds is 4. The van der Waals surface area contributed by atoms with Crippen LogP contribution in [0.3, 0.4) is 0 Å². The van der Waals surface area contributed by atoms with Crippen LogP contribution < -0.4 is 10.5 Å². The van der Waals surface area contributed by atoms with E-state index in [0.717, 1.165) is 31.8 Å². The Bertz CT molecular complexity index is 1170. The zero-order valence-electron chi connectivity index (χ0n) is 12.9. The molecule has 1 aromatic carbocycles. The van der Waals surface area contributed by atoms with Crippen molar-refractivity contribution in [2.75, 3.05) is 5.32 Å². The highest BCUT2D eigenvalue weighted by Gasteiger charge is 2.12. The third kappa shape index (κ3) is 3.04. The molecule has 0 aliphatic rings. The fraction of sp³-hybridized carbons (Fsp3) is 0.0625. The predicted molar refractivity (Wildman–Crippen MR) is 97.9 cm³/mol. The van der Waals surface area contributed by atoms with Crippen molar-refractivity contribution < 1.29 is 8.42 Å². The molecule has 3 aromatic heterocycles. The molecular weight excluding hydrogens is 358 g/mol. The monoisotopic (exact) mass is 371 g/mol. The van der Waals surface area contributed by atoms with E-state index in [1.807, 2.05) is 12.1 Å². The van der Waals surface area contributed by atoms with Crippen molar-refractivity contribution >= 4 is 47.6 Å². The summed E-state index contributed by atoms with van der Waals surface area (Å²) in [6, 6.07) is 10.3. The lowest BCUT2D eigenvalue weighted by atomic mass is 10.2. The van der Waals surface area contributed by atoms with Gasteiger partial charge in [0.2, 0.25) is 10.0 Å². The number of nitrogens with zero attached hydrogens (tertiary/aromatic N) is 3. The number of thiophene rings is 1. The van der Waals surface area contributed by atoms with Crippen LogP contribution in [-0.2, 0) is 16.6 Å². The van der Waals surface area contributed by atoms with Gasteiger partial charge in [0.15, 0.2) is 0 Å². The number of nitrogens with two attached hydrogens (primary N) is 1. The van der Waals surface area contributed by atoms with Crippen molar-refractivity contribution in [1.82, 2.24) is 15.0 Å². The second kappa shape index (κ2) is 6.03. The molecule has 3 heterocycles. The Hall–Kier alpha value is -2.62. The van der Waals surface area contributed by atoms with E-state index in [9.17, 15) is 8.42 Å². The number of aromatic nitrogens is 3. The fourth-order valence-corrected chi connectivity index (χ4v) is 4.10. The molecule has 0 amide bonds. The van der Waals surface area contributed by atoms with Gasteiger partial charge in [-0.15, -0.1) is 11.3 Å². The minimum atomic E-state index is -3.68. The van der Waals surface area contributed by atoms with E-state index >= 15 is 0 Å². The fourth-order valence-electron chi connectivity index (χ4n) is 2.52. The van der Waals surface area contributed by atoms with Crippen LogP contribution in [0, 0.1) is 0 Å². The summed E-state index contributed by atoms with van der Waals surface area (Å²) in [4.78, 5) is 14.1. The number of hydrogen-bond donors (Lipinski definition) is 2. The number of primary sulfonamides is 1. The Balaban J connectivity index is 1.63. The van der Waals surface area contributed by atoms with Gasteiger partial charge in [0.25, 0.3) is 0 Å². The summed E-state index contributed by atoms with van der Waals surface area (Å²) in [5.41, 5.74) is 1.79. The molecule has 7 nitrogen and oxygen atoms in total. The summed E-state index contributed by atoms with van der Waals surface area (Å²) >= 11 is 1.53. The maximum Gasteiger partial charge on any atom is 0.238 e. The van der Waals surface area contributed by atoms with Gasteiger partial charge in [0, 0.05) is 18.1 Å². The minimum Gasteiger partial charge on any atom is -0.365 e. The van der Waals surface area contributed by atoms with Crippen LogP contribution >= 0.6 is 11.3 Å².